The summed E-state index contributed by atoms with van der Waals surface area (Å²) in [4.78, 5) is 28.8. The van der Waals surface area contributed by atoms with Crippen molar-refractivity contribution in [2.24, 2.45) is 0 Å². The Kier molecular flexibility index (Phi) is 6.11. The fourth-order valence-corrected chi connectivity index (χ4v) is 5.52. The zero-order valence-corrected chi connectivity index (χ0v) is 18.9. The number of ether oxygens (including phenoxy) is 1. The van der Waals surface area contributed by atoms with E-state index in [2.05, 4.69) is 31.9 Å². The van der Waals surface area contributed by atoms with E-state index >= 15 is 0 Å². The van der Waals surface area contributed by atoms with Crippen LogP contribution in [0.1, 0.15) is 41.7 Å². The van der Waals surface area contributed by atoms with Gasteiger partial charge in [0.1, 0.15) is 5.82 Å². The number of rotatable bonds is 3. The van der Waals surface area contributed by atoms with E-state index in [4.69, 9.17) is 4.74 Å². The molecular formula is C25H33N5O2. The molecule has 32 heavy (non-hydrogen) atoms. The molecule has 0 radical (unpaired) electrons. The molecule has 0 aromatic carbocycles. The van der Waals surface area contributed by atoms with Crippen LogP contribution in [0.25, 0.3) is 0 Å². The van der Waals surface area contributed by atoms with E-state index in [-0.39, 0.29) is 11.5 Å². The Morgan fingerprint density at radius 2 is 1.78 bits per heavy atom. The molecule has 0 bridgehead atoms. The fraction of sp³-hybridized carbons (Fsp3) is 0.560. The minimum atomic E-state index is -0.0815. The largest absolute Gasteiger partial charge is 0.375 e. The molecule has 7 heteroatoms. The van der Waals surface area contributed by atoms with Crippen LogP contribution in [-0.2, 0) is 4.74 Å². The lowest BCUT2D eigenvalue weighted by atomic mass is 9.81. The number of anilines is 1. The standard InChI is InChI=1S/C25H33N5O2/c1-20-22(5-4-11-26-20)24(31)30-12-8-25(9-13-30)19-21(7-18-32-25)28-14-16-29(17-15-28)23-6-2-3-10-27-23/h2-6,10-11,21H,7-9,12-19H2,1H3/t21-/m0/s1. The van der Waals surface area contributed by atoms with Crippen molar-refractivity contribution in [2.75, 3.05) is 50.8 Å². The molecule has 5 heterocycles. The number of aromatic nitrogens is 2. The van der Waals surface area contributed by atoms with Crippen molar-refractivity contribution in [1.82, 2.24) is 19.8 Å². The van der Waals surface area contributed by atoms with Crippen LogP contribution in [0.2, 0.25) is 0 Å². The van der Waals surface area contributed by atoms with Crippen LogP contribution in [0.3, 0.4) is 0 Å². The first-order chi connectivity index (χ1) is 15.6. The van der Waals surface area contributed by atoms with E-state index < -0.39 is 0 Å². The number of pyridine rings is 2. The molecule has 1 atom stereocenters. The van der Waals surface area contributed by atoms with Crippen LogP contribution >= 0.6 is 0 Å². The van der Waals surface area contributed by atoms with Gasteiger partial charge in [0.2, 0.25) is 0 Å². The third kappa shape index (κ3) is 4.36. The fourth-order valence-electron chi connectivity index (χ4n) is 5.52. The lowest BCUT2D eigenvalue weighted by molar-refractivity contribution is -0.130. The van der Waals surface area contributed by atoms with Gasteiger partial charge < -0.3 is 14.5 Å². The molecule has 170 valence electrons. The molecule has 0 saturated carbocycles. The second-order valence-corrected chi connectivity index (χ2v) is 9.32. The SMILES string of the molecule is Cc1ncccc1C(=O)N1CCC2(CC1)C[C@@H](N1CCN(c3ccccn3)CC1)CCO2. The number of amides is 1. The lowest BCUT2D eigenvalue weighted by Crippen LogP contribution is -2.57. The number of likely N-dealkylation sites (tertiary alicyclic amines) is 1. The molecule has 0 N–H and O–H groups in total. The zero-order chi connectivity index (χ0) is 22.0. The van der Waals surface area contributed by atoms with E-state index in [9.17, 15) is 4.79 Å². The number of piperazine rings is 1. The maximum absolute atomic E-state index is 13.0. The topological polar surface area (TPSA) is 61.8 Å². The molecule has 3 aliphatic heterocycles. The Labute approximate surface area is 190 Å². The molecule has 3 fully saturated rings. The third-order valence-electron chi connectivity index (χ3n) is 7.47. The van der Waals surface area contributed by atoms with Crippen LogP contribution in [0.5, 0.6) is 0 Å². The Morgan fingerprint density at radius 3 is 2.50 bits per heavy atom. The van der Waals surface area contributed by atoms with Gasteiger partial charge in [-0.3, -0.25) is 14.7 Å². The Balaban J connectivity index is 1.16. The quantitative estimate of drug-likeness (QED) is 0.739. The van der Waals surface area contributed by atoms with Crippen molar-refractivity contribution in [3.63, 3.8) is 0 Å². The number of carbonyl (C=O) groups is 1. The summed E-state index contributed by atoms with van der Waals surface area (Å²) in [5, 5.41) is 0. The predicted octanol–water partition coefficient (Wildman–Crippen LogP) is 2.76. The van der Waals surface area contributed by atoms with Gasteiger partial charge in [-0.25, -0.2) is 4.98 Å². The Bertz CT molecular complexity index is 921. The minimum Gasteiger partial charge on any atom is -0.375 e. The van der Waals surface area contributed by atoms with E-state index in [1.165, 1.54) is 0 Å². The highest BCUT2D eigenvalue weighted by atomic mass is 16.5. The van der Waals surface area contributed by atoms with E-state index in [1.807, 2.05) is 36.2 Å². The summed E-state index contributed by atoms with van der Waals surface area (Å²) >= 11 is 0. The van der Waals surface area contributed by atoms with Crippen LogP contribution in [0.15, 0.2) is 42.7 Å². The highest BCUT2D eigenvalue weighted by Gasteiger charge is 2.43. The number of hydrogen-bond acceptors (Lipinski definition) is 6. The first kappa shape index (κ1) is 21.3. The molecule has 3 saturated heterocycles. The first-order valence-electron chi connectivity index (χ1n) is 11.9. The number of piperidine rings is 1. The van der Waals surface area contributed by atoms with Gasteiger partial charge in [-0.05, 0) is 56.9 Å². The maximum atomic E-state index is 13.0. The molecule has 3 aliphatic rings. The number of aryl methyl sites for hydroxylation is 1. The highest BCUT2D eigenvalue weighted by Crippen LogP contribution is 2.37. The monoisotopic (exact) mass is 435 g/mol. The molecular weight excluding hydrogens is 402 g/mol. The predicted molar refractivity (Wildman–Crippen MR) is 124 cm³/mol. The lowest BCUT2D eigenvalue weighted by Gasteiger charge is -2.49. The number of hydrogen-bond donors (Lipinski definition) is 0. The molecule has 1 amide bonds. The van der Waals surface area contributed by atoms with Gasteiger partial charge in [-0.15, -0.1) is 0 Å². The average molecular weight is 436 g/mol. The normalized spacial score (nSPS) is 24.0. The average Bonchev–Trinajstić information content (AvgIpc) is 2.85. The summed E-state index contributed by atoms with van der Waals surface area (Å²) in [5.41, 5.74) is 1.44. The van der Waals surface area contributed by atoms with E-state index in [1.54, 1.807) is 6.20 Å². The van der Waals surface area contributed by atoms with Crippen LogP contribution < -0.4 is 4.90 Å². The number of nitrogens with zero attached hydrogens (tertiary/aromatic N) is 5. The van der Waals surface area contributed by atoms with Crippen LogP contribution in [-0.4, -0.2) is 83.2 Å². The van der Waals surface area contributed by atoms with E-state index in [0.29, 0.717) is 6.04 Å². The van der Waals surface area contributed by atoms with Crippen molar-refractivity contribution < 1.29 is 9.53 Å². The third-order valence-corrected chi connectivity index (χ3v) is 7.47. The summed E-state index contributed by atoms with van der Waals surface area (Å²) < 4.78 is 6.38. The van der Waals surface area contributed by atoms with Gasteiger partial charge in [-0.1, -0.05) is 6.07 Å². The summed E-state index contributed by atoms with van der Waals surface area (Å²) in [5.74, 6) is 1.18. The Hall–Kier alpha value is -2.51. The van der Waals surface area contributed by atoms with Crippen molar-refractivity contribution in [3.8, 4) is 0 Å². The zero-order valence-electron chi connectivity index (χ0n) is 18.9. The molecule has 2 aromatic heterocycles. The number of carbonyl (C=O) groups excluding carboxylic acids is 1. The van der Waals surface area contributed by atoms with Gasteiger partial charge in [0, 0.05) is 70.0 Å². The van der Waals surface area contributed by atoms with Gasteiger partial charge >= 0.3 is 0 Å². The summed E-state index contributed by atoms with van der Waals surface area (Å²) in [6, 6.07) is 10.4. The second-order valence-electron chi connectivity index (χ2n) is 9.32. The van der Waals surface area contributed by atoms with Crippen LogP contribution in [0, 0.1) is 6.92 Å². The van der Waals surface area contributed by atoms with E-state index in [0.717, 1.165) is 88.6 Å². The summed E-state index contributed by atoms with van der Waals surface area (Å²) in [7, 11) is 0. The van der Waals surface area contributed by atoms with Gasteiger partial charge in [0.05, 0.1) is 11.2 Å². The van der Waals surface area contributed by atoms with Gasteiger partial charge in [0.25, 0.3) is 5.91 Å². The van der Waals surface area contributed by atoms with Crippen molar-refractivity contribution in [1.29, 1.82) is 0 Å². The molecule has 7 nitrogen and oxygen atoms in total. The van der Waals surface area contributed by atoms with Crippen molar-refractivity contribution in [2.45, 2.75) is 44.2 Å². The van der Waals surface area contributed by atoms with Gasteiger partial charge in [-0.2, -0.15) is 0 Å². The van der Waals surface area contributed by atoms with Crippen LogP contribution in [0.4, 0.5) is 5.82 Å². The molecule has 1 spiro atoms. The van der Waals surface area contributed by atoms with Crippen molar-refractivity contribution >= 4 is 11.7 Å². The summed E-state index contributed by atoms with van der Waals surface area (Å²) in [6.07, 6.45) is 7.62. The molecule has 0 aliphatic carbocycles. The summed E-state index contributed by atoms with van der Waals surface area (Å²) in [6.45, 7) is 8.43. The van der Waals surface area contributed by atoms with Crippen molar-refractivity contribution in [3.05, 3.63) is 54.0 Å². The molecule has 2 aromatic rings. The second kappa shape index (κ2) is 9.16. The molecule has 0 unspecified atom stereocenters. The Morgan fingerprint density at radius 1 is 1.00 bits per heavy atom. The van der Waals surface area contributed by atoms with Gasteiger partial charge in [0.15, 0.2) is 0 Å². The minimum absolute atomic E-state index is 0.0815. The maximum Gasteiger partial charge on any atom is 0.255 e. The smallest absolute Gasteiger partial charge is 0.255 e. The highest BCUT2D eigenvalue weighted by molar-refractivity contribution is 5.95. The molecule has 5 rings (SSSR count). The first-order valence-corrected chi connectivity index (χ1v) is 11.9.